The summed E-state index contributed by atoms with van der Waals surface area (Å²) in [5, 5.41) is 10.1. The van der Waals surface area contributed by atoms with Gasteiger partial charge in [-0.2, -0.15) is 0 Å². The van der Waals surface area contributed by atoms with Crippen molar-refractivity contribution in [1.29, 1.82) is 0 Å². The summed E-state index contributed by atoms with van der Waals surface area (Å²) in [6, 6.07) is 10.8. The van der Waals surface area contributed by atoms with Gasteiger partial charge in [-0.3, -0.25) is 4.90 Å². The molecular weight excluding hydrogens is 238 g/mol. The molecule has 3 nitrogen and oxygen atoms in total. The van der Waals surface area contributed by atoms with Gasteiger partial charge < -0.3 is 9.84 Å². The van der Waals surface area contributed by atoms with Gasteiger partial charge >= 0.3 is 0 Å². The molecule has 0 aliphatic carbocycles. The molecule has 3 heteroatoms. The highest BCUT2D eigenvalue weighted by Crippen LogP contribution is 2.22. The number of aliphatic hydroxyl groups is 1. The molecule has 0 saturated carbocycles. The van der Waals surface area contributed by atoms with Crippen molar-refractivity contribution >= 4 is 0 Å². The maximum atomic E-state index is 10.1. The highest BCUT2D eigenvalue weighted by atomic mass is 16.5. The second-order valence-corrected chi connectivity index (χ2v) is 5.60. The molecule has 0 aromatic heterocycles. The molecule has 1 aliphatic rings. The van der Waals surface area contributed by atoms with Crippen LogP contribution in [0.3, 0.4) is 0 Å². The van der Waals surface area contributed by atoms with Gasteiger partial charge in [-0.05, 0) is 38.8 Å². The molecule has 1 aliphatic heterocycles. The summed E-state index contributed by atoms with van der Waals surface area (Å²) in [5.74, 6) is 0.821. The summed E-state index contributed by atoms with van der Waals surface area (Å²) in [4.78, 5) is 2.41. The van der Waals surface area contributed by atoms with Gasteiger partial charge in [-0.25, -0.2) is 0 Å². The van der Waals surface area contributed by atoms with Crippen molar-refractivity contribution in [2.75, 3.05) is 13.2 Å². The number of piperidine rings is 1. The summed E-state index contributed by atoms with van der Waals surface area (Å²) < 4.78 is 5.60. The van der Waals surface area contributed by atoms with Crippen LogP contribution in [0.5, 0.6) is 5.75 Å². The van der Waals surface area contributed by atoms with Crippen molar-refractivity contribution in [1.82, 2.24) is 4.90 Å². The zero-order chi connectivity index (χ0) is 13.7. The minimum Gasteiger partial charge on any atom is -0.491 e. The lowest BCUT2D eigenvalue weighted by Gasteiger charge is -2.40. The number of benzene rings is 1. The highest BCUT2D eigenvalue weighted by Gasteiger charge is 2.26. The SMILES string of the molecule is C[C@@H]1CCC[C@@H](C)N1C[C@@H](O)COc1ccccc1. The van der Waals surface area contributed by atoms with Gasteiger partial charge in [0.1, 0.15) is 18.5 Å². The predicted octanol–water partition coefficient (Wildman–Crippen LogP) is 2.69. The van der Waals surface area contributed by atoms with Crippen LogP contribution in [0.25, 0.3) is 0 Å². The van der Waals surface area contributed by atoms with E-state index in [1.54, 1.807) is 0 Å². The summed E-state index contributed by atoms with van der Waals surface area (Å²) in [7, 11) is 0. The molecule has 2 rings (SSSR count). The number of ether oxygens (including phenoxy) is 1. The zero-order valence-electron chi connectivity index (χ0n) is 12.0. The maximum absolute atomic E-state index is 10.1. The highest BCUT2D eigenvalue weighted by molar-refractivity contribution is 5.20. The number of rotatable bonds is 5. The van der Waals surface area contributed by atoms with Gasteiger partial charge in [-0.15, -0.1) is 0 Å². The lowest BCUT2D eigenvalue weighted by Crippen LogP contribution is -2.48. The van der Waals surface area contributed by atoms with E-state index in [4.69, 9.17) is 4.74 Å². The van der Waals surface area contributed by atoms with Crippen LogP contribution >= 0.6 is 0 Å². The van der Waals surface area contributed by atoms with Gasteiger partial charge in [-0.1, -0.05) is 24.6 Å². The van der Waals surface area contributed by atoms with Crippen LogP contribution in [0.1, 0.15) is 33.1 Å². The van der Waals surface area contributed by atoms with E-state index in [2.05, 4.69) is 18.7 Å². The Hall–Kier alpha value is -1.06. The van der Waals surface area contributed by atoms with Crippen molar-refractivity contribution in [3.63, 3.8) is 0 Å². The van der Waals surface area contributed by atoms with Crippen molar-refractivity contribution in [3.05, 3.63) is 30.3 Å². The molecule has 19 heavy (non-hydrogen) atoms. The van der Waals surface area contributed by atoms with Crippen molar-refractivity contribution in [2.45, 2.75) is 51.3 Å². The average Bonchev–Trinajstić information content (AvgIpc) is 2.42. The van der Waals surface area contributed by atoms with E-state index in [1.165, 1.54) is 19.3 Å². The molecule has 0 bridgehead atoms. The largest absolute Gasteiger partial charge is 0.491 e. The fourth-order valence-electron chi connectivity index (χ4n) is 2.84. The second kappa shape index (κ2) is 6.92. The van der Waals surface area contributed by atoms with Crippen LogP contribution in [0.15, 0.2) is 30.3 Å². The van der Waals surface area contributed by atoms with Crippen molar-refractivity contribution in [3.8, 4) is 5.75 Å². The monoisotopic (exact) mass is 263 g/mol. The fraction of sp³-hybridized carbons (Fsp3) is 0.625. The maximum Gasteiger partial charge on any atom is 0.119 e. The van der Waals surface area contributed by atoms with Crippen LogP contribution < -0.4 is 4.74 Å². The Labute approximate surface area is 116 Å². The number of hydrogen-bond acceptors (Lipinski definition) is 3. The third kappa shape index (κ3) is 4.22. The van der Waals surface area contributed by atoms with Crippen LogP contribution in [-0.4, -0.2) is 41.3 Å². The van der Waals surface area contributed by atoms with Gasteiger partial charge in [0, 0.05) is 18.6 Å². The Morgan fingerprint density at radius 2 is 1.84 bits per heavy atom. The summed E-state index contributed by atoms with van der Waals surface area (Å²) in [6.45, 7) is 5.57. The van der Waals surface area contributed by atoms with E-state index in [-0.39, 0.29) is 0 Å². The number of β-amino-alcohol motifs (C(OH)–C–C–N with tert-alkyl or cyclic N) is 1. The molecule has 3 atom stereocenters. The average molecular weight is 263 g/mol. The Bertz CT molecular complexity index is 358. The minimum atomic E-state index is -0.428. The number of para-hydroxylation sites is 1. The first-order valence-electron chi connectivity index (χ1n) is 7.28. The van der Waals surface area contributed by atoms with Crippen LogP contribution in [0.4, 0.5) is 0 Å². The molecule has 1 aromatic carbocycles. The molecule has 1 saturated heterocycles. The fourth-order valence-corrected chi connectivity index (χ4v) is 2.84. The smallest absolute Gasteiger partial charge is 0.119 e. The quantitative estimate of drug-likeness (QED) is 0.886. The topological polar surface area (TPSA) is 32.7 Å². The zero-order valence-corrected chi connectivity index (χ0v) is 12.0. The molecule has 1 N–H and O–H groups in total. The molecule has 0 unspecified atom stereocenters. The van der Waals surface area contributed by atoms with E-state index in [9.17, 15) is 5.11 Å². The van der Waals surface area contributed by atoms with E-state index < -0.39 is 6.10 Å². The number of aliphatic hydroxyl groups excluding tert-OH is 1. The first-order valence-corrected chi connectivity index (χ1v) is 7.28. The number of nitrogens with zero attached hydrogens (tertiary/aromatic N) is 1. The van der Waals surface area contributed by atoms with E-state index in [0.29, 0.717) is 25.2 Å². The van der Waals surface area contributed by atoms with Crippen LogP contribution in [0.2, 0.25) is 0 Å². The lowest BCUT2D eigenvalue weighted by atomic mass is 9.97. The summed E-state index contributed by atoms with van der Waals surface area (Å²) >= 11 is 0. The minimum absolute atomic E-state index is 0.361. The molecule has 1 fully saturated rings. The number of likely N-dealkylation sites (tertiary alicyclic amines) is 1. The van der Waals surface area contributed by atoms with Crippen molar-refractivity contribution in [2.24, 2.45) is 0 Å². The molecule has 1 aromatic rings. The van der Waals surface area contributed by atoms with Crippen LogP contribution in [-0.2, 0) is 0 Å². The summed E-state index contributed by atoms with van der Waals surface area (Å²) in [5.41, 5.74) is 0. The van der Waals surface area contributed by atoms with E-state index in [0.717, 1.165) is 5.75 Å². The van der Waals surface area contributed by atoms with Gasteiger partial charge in [0.05, 0.1) is 0 Å². The predicted molar refractivity (Wildman–Crippen MR) is 77.4 cm³/mol. The Kier molecular flexibility index (Phi) is 5.23. The standard InChI is InChI=1S/C16H25NO2/c1-13-7-6-8-14(2)17(13)11-15(18)12-19-16-9-4-3-5-10-16/h3-5,9-10,13-15,18H,6-8,11-12H2,1-2H3/t13-,14-,15-/m1/s1. The Morgan fingerprint density at radius 3 is 2.47 bits per heavy atom. The Morgan fingerprint density at radius 1 is 1.21 bits per heavy atom. The first kappa shape index (κ1) is 14.4. The number of hydrogen-bond donors (Lipinski definition) is 1. The first-order chi connectivity index (χ1) is 9.16. The molecule has 0 radical (unpaired) electrons. The van der Waals surface area contributed by atoms with Gasteiger partial charge in [0.25, 0.3) is 0 Å². The third-order valence-electron chi connectivity index (χ3n) is 3.98. The summed E-state index contributed by atoms with van der Waals surface area (Å²) in [6.07, 6.45) is 3.34. The second-order valence-electron chi connectivity index (χ2n) is 5.60. The molecule has 0 amide bonds. The molecular formula is C16H25NO2. The van der Waals surface area contributed by atoms with Crippen LogP contribution in [0, 0.1) is 0 Å². The third-order valence-corrected chi connectivity index (χ3v) is 3.98. The van der Waals surface area contributed by atoms with Crippen molar-refractivity contribution < 1.29 is 9.84 Å². The molecule has 0 spiro atoms. The van der Waals surface area contributed by atoms with Gasteiger partial charge in [0.2, 0.25) is 0 Å². The normalized spacial score (nSPS) is 26.1. The molecule has 106 valence electrons. The lowest BCUT2D eigenvalue weighted by molar-refractivity contribution is 0.0209. The van der Waals surface area contributed by atoms with Gasteiger partial charge in [0.15, 0.2) is 0 Å². The van der Waals surface area contributed by atoms with E-state index >= 15 is 0 Å². The molecule has 1 heterocycles. The van der Waals surface area contributed by atoms with E-state index in [1.807, 2.05) is 30.3 Å². The Balaban J connectivity index is 1.78.